The fourth-order valence-electron chi connectivity index (χ4n) is 2.19. The van der Waals surface area contributed by atoms with Crippen molar-refractivity contribution < 1.29 is 14.3 Å². The Balaban J connectivity index is 2.36. The van der Waals surface area contributed by atoms with Crippen molar-refractivity contribution in [2.24, 2.45) is 0 Å². The molecule has 1 aromatic carbocycles. The van der Waals surface area contributed by atoms with Gasteiger partial charge in [-0.1, -0.05) is 23.7 Å². The Morgan fingerprint density at radius 3 is 2.88 bits per heavy atom. The molecule has 0 saturated heterocycles. The molecule has 0 atom stereocenters. The molecule has 0 fully saturated rings. The van der Waals surface area contributed by atoms with Crippen LogP contribution in [0.2, 0.25) is 5.15 Å². The van der Waals surface area contributed by atoms with Gasteiger partial charge in [-0.05, 0) is 37.1 Å². The van der Waals surface area contributed by atoms with Crippen molar-refractivity contribution in [2.45, 2.75) is 13.3 Å². The van der Waals surface area contributed by atoms with Gasteiger partial charge in [-0.15, -0.1) is 0 Å². The first-order valence-electron chi connectivity index (χ1n) is 7.71. The Morgan fingerprint density at radius 2 is 2.20 bits per heavy atom. The third-order valence-corrected chi connectivity index (χ3v) is 3.66. The Labute approximate surface area is 151 Å². The summed E-state index contributed by atoms with van der Waals surface area (Å²) in [6.07, 6.45) is 0.762. The average molecular weight is 360 g/mol. The molecule has 0 radical (unpaired) electrons. The third-order valence-electron chi connectivity index (χ3n) is 3.38. The zero-order valence-corrected chi connectivity index (χ0v) is 14.8. The fourth-order valence-corrected chi connectivity index (χ4v) is 2.37. The molecule has 0 unspecified atom stereocenters. The second-order valence-corrected chi connectivity index (χ2v) is 5.48. The van der Waals surface area contributed by atoms with E-state index in [1.807, 2.05) is 30.3 Å². The number of rotatable bonds is 7. The van der Waals surface area contributed by atoms with Gasteiger partial charge in [0.2, 0.25) is 0 Å². The van der Waals surface area contributed by atoms with Gasteiger partial charge in [-0.3, -0.25) is 0 Å². The topological polar surface area (TPSA) is 84.2 Å². The van der Waals surface area contributed by atoms with Crippen molar-refractivity contribution in [1.29, 1.82) is 5.26 Å². The Bertz CT molecular complexity index is 803. The quantitative estimate of drug-likeness (QED) is 0.599. The molecule has 0 aliphatic carbocycles. The normalized spacial score (nSPS) is 10.2. The minimum atomic E-state index is -0.568. The van der Waals surface area contributed by atoms with Crippen LogP contribution in [0.15, 0.2) is 30.3 Å². The number of benzene rings is 1. The summed E-state index contributed by atoms with van der Waals surface area (Å²) in [6.45, 7) is 2.53. The van der Waals surface area contributed by atoms with Crippen molar-refractivity contribution >= 4 is 29.1 Å². The number of hydrogen-bond donors (Lipinski definition) is 1. The maximum Gasteiger partial charge on any atom is 0.341 e. The lowest BCUT2D eigenvalue weighted by Crippen LogP contribution is -2.10. The van der Waals surface area contributed by atoms with Gasteiger partial charge in [-0.2, -0.15) is 5.26 Å². The zero-order valence-electron chi connectivity index (χ0n) is 14.0. The number of esters is 1. The fraction of sp³-hybridized carbons (Fsp3) is 0.278. The number of carbonyl (C=O) groups excluding carboxylic acids is 1. The van der Waals surface area contributed by atoms with Gasteiger partial charge in [0.05, 0.1) is 18.8 Å². The Morgan fingerprint density at radius 1 is 1.40 bits per heavy atom. The minimum Gasteiger partial charge on any atom is -0.462 e. The van der Waals surface area contributed by atoms with Gasteiger partial charge >= 0.3 is 5.97 Å². The van der Waals surface area contributed by atoms with Crippen molar-refractivity contribution in [3.05, 3.63) is 52.2 Å². The molecule has 1 N–H and O–H groups in total. The van der Waals surface area contributed by atoms with Crippen LogP contribution in [0.4, 0.5) is 11.5 Å². The number of pyridine rings is 1. The van der Waals surface area contributed by atoms with Crippen LogP contribution >= 0.6 is 11.6 Å². The number of nitrogens with one attached hydrogen (secondary N) is 1. The molecule has 1 aromatic heterocycles. The second-order valence-electron chi connectivity index (χ2n) is 5.12. The number of aromatic nitrogens is 1. The maximum absolute atomic E-state index is 12.2. The first-order chi connectivity index (χ1) is 12.1. The molecule has 0 aliphatic heterocycles. The highest BCUT2D eigenvalue weighted by Gasteiger charge is 2.18. The van der Waals surface area contributed by atoms with Crippen LogP contribution in [0, 0.1) is 11.3 Å². The highest BCUT2D eigenvalue weighted by molar-refractivity contribution is 6.30. The SMILES string of the molecule is CCOC(=O)c1cc(C#N)c(Cl)nc1Nc1cccc(CCOC)c1. The first-order valence-corrected chi connectivity index (χ1v) is 8.09. The predicted octanol–water partition coefficient (Wildman–Crippen LogP) is 3.72. The molecule has 0 amide bonds. The third kappa shape index (κ3) is 4.92. The van der Waals surface area contributed by atoms with Gasteiger partial charge in [0.25, 0.3) is 0 Å². The lowest BCUT2D eigenvalue weighted by molar-refractivity contribution is 0.0527. The summed E-state index contributed by atoms with van der Waals surface area (Å²) < 4.78 is 10.1. The zero-order chi connectivity index (χ0) is 18.2. The standard InChI is InChI=1S/C18H18ClN3O3/c1-3-25-18(23)15-10-13(11-20)16(19)22-17(15)21-14-6-4-5-12(9-14)7-8-24-2/h4-6,9-10H,3,7-8H2,1-2H3,(H,21,22). The van der Waals surface area contributed by atoms with Gasteiger partial charge in [0.15, 0.2) is 0 Å². The van der Waals surface area contributed by atoms with Crippen molar-refractivity contribution in [3.8, 4) is 6.07 Å². The number of nitriles is 1. The highest BCUT2D eigenvalue weighted by Crippen LogP contribution is 2.25. The van der Waals surface area contributed by atoms with E-state index in [1.54, 1.807) is 14.0 Å². The van der Waals surface area contributed by atoms with Crippen LogP contribution in [-0.2, 0) is 15.9 Å². The van der Waals surface area contributed by atoms with E-state index in [0.717, 1.165) is 17.7 Å². The summed E-state index contributed by atoms with van der Waals surface area (Å²) in [4.78, 5) is 16.3. The first kappa shape index (κ1) is 18.7. The van der Waals surface area contributed by atoms with Crippen LogP contribution in [0.3, 0.4) is 0 Å². The lowest BCUT2D eigenvalue weighted by atomic mass is 10.1. The molecule has 0 aliphatic rings. The number of halogens is 1. The summed E-state index contributed by atoms with van der Waals surface area (Å²) in [6, 6.07) is 10.9. The maximum atomic E-state index is 12.2. The largest absolute Gasteiger partial charge is 0.462 e. The van der Waals surface area contributed by atoms with Crippen LogP contribution in [-0.4, -0.2) is 31.3 Å². The minimum absolute atomic E-state index is 0.0218. The van der Waals surface area contributed by atoms with Crippen LogP contribution < -0.4 is 5.32 Å². The van der Waals surface area contributed by atoms with Crippen molar-refractivity contribution in [3.63, 3.8) is 0 Å². The van der Waals surface area contributed by atoms with E-state index in [9.17, 15) is 4.79 Å². The van der Waals surface area contributed by atoms with Gasteiger partial charge in [-0.25, -0.2) is 9.78 Å². The molecule has 2 aromatic rings. The van der Waals surface area contributed by atoms with Gasteiger partial charge < -0.3 is 14.8 Å². The van der Waals surface area contributed by atoms with E-state index in [-0.39, 0.29) is 28.7 Å². The average Bonchev–Trinajstić information content (AvgIpc) is 2.60. The lowest BCUT2D eigenvalue weighted by Gasteiger charge is -2.12. The van der Waals surface area contributed by atoms with E-state index in [2.05, 4.69) is 10.3 Å². The molecule has 0 spiro atoms. The predicted molar refractivity (Wildman–Crippen MR) is 95.2 cm³/mol. The summed E-state index contributed by atoms with van der Waals surface area (Å²) in [7, 11) is 1.65. The number of carbonyl (C=O) groups is 1. The Kier molecular flexibility index (Phi) is 6.75. The molecule has 25 heavy (non-hydrogen) atoms. The highest BCUT2D eigenvalue weighted by atomic mass is 35.5. The monoisotopic (exact) mass is 359 g/mol. The van der Waals surface area contributed by atoms with E-state index in [1.165, 1.54) is 6.07 Å². The summed E-state index contributed by atoms with van der Waals surface area (Å²) in [5.74, 6) is -0.326. The number of anilines is 2. The summed E-state index contributed by atoms with van der Waals surface area (Å²) in [5, 5.41) is 12.2. The van der Waals surface area contributed by atoms with E-state index >= 15 is 0 Å². The van der Waals surface area contributed by atoms with Crippen molar-refractivity contribution in [1.82, 2.24) is 4.98 Å². The molecule has 0 bridgehead atoms. The molecular formula is C18H18ClN3O3. The molecule has 7 heteroatoms. The number of ether oxygens (including phenoxy) is 2. The molecule has 130 valence electrons. The number of methoxy groups -OCH3 is 1. The van der Waals surface area contributed by atoms with E-state index in [4.69, 9.17) is 26.3 Å². The summed E-state index contributed by atoms with van der Waals surface area (Å²) in [5.41, 5.74) is 2.09. The van der Waals surface area contributed by atoms with Crippen LogP contribution in [0.5, 0.6) is 0 Å². The van der Waals surface area contributed by atoms with E-state index in [0.29, 0.717) is 6.61 Å². The summed E-state index contributed by atoms with van der Waals surface area (Å²) >= 11 is 6.01. The van der Waals surface area contributed by atoms with Gasteiger partial charge in [0.1, 0.15) is 22.6 Å². The van der Waals surface area contributed by atoms with E-state index < -0.39 is 5.97 Å². The van der Waals surface area contributed by atoms with Crippen LogP contribution in [0.25, 0.3) is 0 Å². The Hall–Kier alpha value is -2.62. The molecule has 2 rings (SSSR count). The number of nitrogens with zero attached hydrogens (tertiary/aromatic N) is 2. The molecule has 6 nitrogen and oxygen atoms in total. The molecular weight excluding hydrogens is 342 g/mol. The van der Waals surface area contributed by atoms with Crippen LogP contribution in [0.1, 0.15) is 28.4 Å². The molecule has 1 heterocycles. The van der Waals surface area contributed by atoms with Gasteiger partial charge in [0, 0.05) is 12.8 Å². The smallest absolute Gasteiger partial charge is 0.341 e. The van der Waals surface area contributed by atoms with Crippen molar-refractivity contribution in [2.75, 3.05) is 25.6 Å². The number of hydrogen-bond acceptors (Lipinski definition) is 6. The molecule has 0 saturated carbocycles. The second kappa shape index (κ2) is 9.02.